The number of nitrogens with zero attached hydrogens (tertiary/aromatic N) is 1. The van der Waals surface area contributed by atoms with Crippen LogP contribution in [0.1, 0.15) is 27.7 Å². The van der Waals surface area contributed by atoms with Crippen molar-refractivity contribution in [3.63, 3.8) is 0 Å². The Balaban J connectivity index is 5.44. The predicted octanol–water partition coefficient (Wildman–Crippen LogP) is 6.28. The highest BCUT2D eigenvalue weighted by molar-refractivity contribution is 6.01. The van der Waals surface area contributed by atoms with Crippen molar-refractivity contribution in [2.24, 2.45) is 4.99 Å². The van der Waals surface area contributed by atoms with Gasteiger partial charge in [0.2, 0.25) is 0 Å². The summed E-state index contributed by atoms with van der Waals surface area (Å²) in [5.74, 6) is 0. The number of hydrogen-bond donors (Lipinski definition) is 0. The lowest BCUT2D eigenvalue weighted by atomic mass is 10.1. The van der Waals surface area contributed by atoms with Gasteiger partial charge in [0, 0.05) is 11.4 Å². The summed E-state index contributed by atoms with van der Waals surface area (Å²) < 4.78 is 0. The maximum atomic E-state index is 4.63. The Morgan fingerprint density at radius 2 is 1.36 bits per heavy atom. The average Bonchev–Trinajstić information content (AvgIpc) is 2.46. The van der Waals surface area contributed by atoms with E-state index in [-0.39, 0.29) is 0 Å². The normalized spacial score (nSPS) is 14.7. The van der Waals surface area contributed by atoms with Crippen LogP contribution in [-0.4, -0.2) is 5.71 Å². The molecule has 0 saturated heterocycles. The molecule has 0 aromatic carbocycles. The third-order valence-corrected chi connectivity index (χ3v) is 2.80. The van der Waals surface area contributed by atoms with E-state index in [1.807, 2.05) is 70.2 Å². The van der Waals surface area contributed by atoms with Gasteiger partial charge in [-0.15, -0.1) is 0 Å². The Bertz CT molecular complexity index is 587. The molecule has 0 aromatic rings. The number of aliphatic imine (C=N–C) groups is 1. The number of allylic oxidation sites excluding steroid dienone is 13. The van der Waals surface area contributed by atoms with Crippen molar-refractivity contribution in [3.05, 3.63) is 96.8 Å². The maximum Gasteiger partial charge on any atom is 0.0447 e. The summed E-state index contributed by atoms with van der Waals surface area (Å²) in [5.41, 5.74) is 4.83. The van der Waals surface area contributed by atoms with E-state index in [1.165, 1.54) is 0 Å². The molecular formula is C21H27N. The molecule has 0 heterocycles. The van der Waals surface area contributed by atoms with Gasteiger partial charge in [0.1, 0.15) is 0 Å². The van der Waals surface area contributed by atoms with Crippen molar-refractivity contribution in [2.75, 3.05) is 0 Å². The first-order valence-electron chi connectivity index (χ1n) is 7.34. The summed E-state index contributed by atoms with van der Waals surface area (Å²) in [5, 5.41) is 0. The first kappa shape index (κ1) is 19.6. The molecule has 0 unspecified atom stereocenters. The zero-order valence-electron chi connectivity index (χ0n) is 14.3. The topological polar surface area (TPSA) is 12.4 Å². The van der Waals surface area contributed by atoms with Gasteiger partial charge in [0.05, 0.1) is 0 Å². The Hall–Kier alpha value is -2.41. The van der Waals surface area contributed by atoms with E-state index < -0.39 is 0 Å². The first-order valence-corrected chi connectivity index (χ1v) is 7.34. The standard InChI is InChI=1S/C21H27N/c1-8-12-20(13-9-2)17(5)16-18(6)22-19(7)21(14-10-3)15-11-4/h8-16H,1,3,5H2,2,4,6-7H3/b13-9-,15-11-,18-16-,20-12+,21-14+,22-19-. The Labute approximate surface area is 135 Å². The Morgan fingerprint density at radius 1 is 0.864 bits per heavy atom. The van der Waals surface area contributed by atoms with Crippen LogP contribution in [0.2, 0.25) is 0 Å². The molecule has 0 fully saturated rings. The zero-order valence-corrected chi connectivity index (χ0v) is 14.3. The third kappa shape index (κ3) is 7.39. The molecule has 0 atom stereocenters. The van der Waals surface area contributed by atoms with Gasteiger partial charge in [0.25, 0.3) is 0 Å². The third-order valence-electron chi connectivity index (χ3n) is 2.80. The summed E-state index contributed by atoms with van der Waals surface area (Å²) in [6.45, 7) is 19.5. The minimum Gasteiger partial charge on any atom is -0.258 e. The quantitative estimate of drug-likeness (QED) is 0.368. The van der Waals surface area contributed by atoms with Crippen molar-refractivity contribution in [1.82, 2.24) is 0 Å². The van der Waals surface area contributed by atoms with Crippen LogP contribution in [0.3, 0.4) is 0 Å². The van der Waals surface area contributed by atoms with Gasteiger partial charge in [-0.05, 0) is 50.5 Å². The molecule has 0 spiro atoms. The maximum absolute atomic E-state index is 4.63. The molecule has 116 valence electrons. The monoisotopic (exact) mass is 293 g/mol. The van der Waals surface area contributed by atoms with E-state index in [1.54, 1.807) is 12.2 Å². The lowest BCUT2D eigenvalue weighted by molar-refractivity contribution is 1.28. The van der Waals surface area contributed by atoms with E-state index in [0.29, 0.717) is 0 Å². The minimum atomic E-state index is 0.904. The molecule has 0 bridgehead atoms. The summed E-state index contributed by atoms with van der Waals surface area (Å²) in [6, 6.07) is 0. The summed E-state index contributed by atoms with van der Waals surface area (Å²) in [7, 11) is 0. The van der Waals surface area contributed by atoms with Crippen LogP contribution < -0.4 is 0 Å². The van der Waals surface area contributed by atoms with E-state index in [9.17, 15) is 0 Å². The van der Waals surface area contributed by atoms with E-state index >= 15 is 0 Å². The number of hydrogen-bond acceptors (Lipinski definition) is 1. The van der Waals surface area contributed by atoms with Crippen LogP contribution in [0.15, 0.2) is 102 Å². The molecule has 0 radical (unpaired) electrons. The fourth-order valence-corrected chi connectivity index (χ4v) is 1.88. The summed E-state index contributed by atoms with van der Waals surface area (Å²) >= 11 is 0. The molecule has 22 heavy (non-hydrogen) atoms. The fourth-order valence-electron chi connectivity index (χ4n) is 1.88. The number of rotatable bonds is 8. The lowest BCUT2D eigenvalue weighted by Gasteiger charge is -2.04. The highest BCUT2D eigenvalue weighted by atomic mass is 14.7. The van der Waals surface area contributed by atoms with Crippen LogP contribution in [0.4, 0.5) is 0 Å². The van der Waals surface area contributed by atoms with Crippen LogP contribution in [-0.2, 0) is 0 Å². The van der Waals surface area contributed by atoms with Gasteiger partial charge in [-0.3, -0.25) is 4.99 Å². The predicted molar refractivity (Wildman–Crippen MR) is 102 cm³/mol. The largest absolute Gasteiger partial charge is 0.258 e. The van der Waals surface area contributed by atoms with Gasteiger partial charge >= 0.3 is 0 Å². The highest BCUT2D eigenvalue weighted by Crippen LogP contribution is 2.15. The molecule has 0 N–H and O–H groups in total. The molecule has 0 aliphatic carbocycles. The highest BCUT2D eigenvalue weighted by Gasteiger charge is 1.99. The summed E-state index contributed by atoms with van der Waals surface area (Å²) in [6.07, 6.45) is 17.4. The van der Waals surface area contributed by atoms with Crippen LogP contribution >= 0.6 is 0 Å². The molecule has 0 aromatic heterocycles. The molecule has 0 rings (SSSR count). The van der Waals surface area contributed by atoms with Gasteiger partial charge in [0.15, 0.2) is 0 Å². The lowest BCUT2D eigenvalue weighted by Crippen LogP contribution is -1.95. The Morgan fingerprint density at radius 3 is 1.86 bits per heavy atom. The zero-order chi connectivity index (χ0) is 17.0. The van der Waals surface area contributed by atoms with Crippen molar-refractivity contribution < 1.29 is 0 Å². The Kier molecular flexibility index (Phi) is 10.0. The molecule has 0 saturated carbocycles. The molecule has 0 aliphatic heterocycles. The minimum absolute atomic E-state index is 0.904. The van der Waals surface area contributed by atoms with Gasteiger partial charge in [-0.25, -0.2) is 0 Å². The van der Waals surface area contributed by atoms with Crippen molar-refractivity contribution >= 4 is 5.71 Å². The second-order valence-electron chi connectivity index (χ2n) is 4.72. The van der Waals surface area contributed by atoms with Crippen LogP contribution in [0, 0.1) is 0 Å². The van der Waals surface area contributed by atoms with Crippen molar-refractivity contribution in [2.45, 2.75) is 27.7 Å². The smallest absolute Gasteiger partial charge is 0.0447 e. The van der Waals surface area contributed by atoms with Gasteiger partial charge in [-0.2, -0.15) is 0 Å². The second kappa shape index (κ2) is 11.3. The van der Waals surface area contributed by atoms with Crippen LogP contribution in [0.25, 0.3) is 0 Å². The molecule has 0 aliphatic rings. The van der Waals surface area contributed by atoms with Gasteiger partial charge < -0.3 is 0 Å². The molecule has 0 amide bonds. The van der Waals surface area contributed by atoms with E-state index in [4.69, 9.17) is 0 Å². The molecule has 1 nitrogen and oxygen atoms in total. The van der Waals surface area contributed by atoms with Crippen LogP contribution in [0.5, 0.6) is 0 Å². The summed E-state index contributed by atoms with van der Waals surface area (Å²) in [4.78, 5) is 4.63. The van der Waals surface area contributed by atoms with E-state index in [0.717, 1.165) is 28.1 Å². The average molecular weight is 293 g/mol. The fraction of sp³-hybridized carbons (Fsp3) is 0.190. The second-order valence-corrected chi connectivity index (χ2v) is 4.72. The van der Waals surface area contributed by atoms with Gasteiger partial charge in [-0.1, -0.05) is 68.3 Å². The SMILES string of the molecule is C=C/C=C(\C=C/C)C(=C)\C=C(C)/N=C(C)\C(\C=C/C)=C\C=C. The molecule has 1 heteroatoms. The first-order chi connectivity index (χ1) is 10.5. The van der Waals surface area contributed by atoms with Crippen molar-refractivity contribution in [1.29, 1.82) is 0 Å². The van der Waals surface area contributed by atoms with E-state index in [2.05, 4.69) is 24.7 Å². The van der Waals surface area contributed by atoms with Crippen molar-refractivity contribution in [3.8, 4) is 0 Å². The molecular weight excluding hydrogens is 266 g/mol.